The Bertz CT molecular complexity index is 794. The number of carboxylic acids is 1. The Balaban J connectivity index is 1.78. The molecule has 26 heavy (non-hydrogen) atoms. The first-order valence-corrected chi connectivity index (χ1v) is 8.67. The Morgan fingerprint density at radius 2 is 2.04 bits per heavy atom. The second-order valence-corrected chi connectivity index (χ2v) is 7.15. The van der Waals surface area contributed by atoms with Crippen LogP contribution in [0, 0.1) is 11.6 Å². The van der Waals surface area contributed by atoms with Crippen LogP contribution in [0.3, 0.4) is 0 Å². The normalized spacial score (nSPS) is 25.3. The average Bonchev–Trinajstić information content (AvgIpc) is 3.37. The van der Waals surface area contributed by atoms with Gasteiger partial charge in [-0.05, 0) is 24.5 Å². The predicted molar refractivity (Wildman–Crippen MR) is 92.3 cm³/mol. The molecule has 0 unspecified atom stereocenters. The molecule has 2 atom stereocenters. The highest BCUT2D eigenvalue weighted by molar-refractivity contribution is 5.90. The zero-order valence-electron chi connectivity index (χ0n) is 14.4. The van der Waals surface area contributed by atoms with Crippen molar-refractivity contribution in [1.82, 2.24) is 0 Å². The molecule has 0 amide bonds. The summed E-state index contributed by atoms with van der Waals surface area (Å²) >= 11 is 0. The molecule has 2 aliphatic heterocycles. The van der Waals surface area contributed by atoms with E-state index in [2.05, 4.69) is 0 Å². The molecule has 6 nitrogen and oxygen atoms in total. The minimum absolute atomic E-state index is 0.00220. The number of methoxy groups -OCH3 is 1. The molecule has 0 bridgehead atoms. The van der Waals surface area contributed by atoms with Gasteiger partial charge in [0.25, 0.3) is 0 Å². The lowest BCUT2D eigenvalue weighted by Crippen LogP contribution is -2.34. The second kappa shape index (κ2) is 6.21. The Hall–Kier alpha value is -2.19. The van der Waals surface area contributed by atoms with E-state index in [1.807, 2.05) is 0 Å². The molecule has 1 saturated carbocycles. The van der Waals surface area contributed by atoms with Crippen LogP contribution in [0.2, 0.25) is 0 Å². The van der Waals surface area contributed by atoms with Crippen LogP contribution in [0.15, 0.2) is 17.8 Å². The van der Waals surface area contributed by atoms with Gasteiger partial charge in [0.15, 0.2) is 5.82 Å². The molecule has 140 valence electrons. The van der Waals surface area contributed by atoms with Crippen molar-refractivity contribution in [3.05, 3.63) is 35.0 Å². The number of benzene rings is 1. The first-order chi connectivity index (χ1) is 12.4. The topological polar surface area (TPSA) is 79.0 Å². The zero-order valence-corrected chi connectivity index (χ0v) is 14.4. The third-order valence-electron chi connectivity index (χ3n) is 5.32. The molecule has 2 fully saturated rings. The largest absolute Gasteiger partial charge is 0.478 e. The van der Waals surface area contributed by atoms with Crippen LogP contribution in [0.25, 0.3) is 0 Å². The molecule has 4 rings (SSSR count). The summed E-state index contributed by atoms with van der Waals surface area (Å²) in [7, 11) is 1.53. The number of nitrogens with zero attached hydrogens (tertiary/aromatic N) is 2. The van der Waals surface area contributed by atoms with Gasteiger partial charge >= 0.3 is 5.97 Å². The third-order valence-corrected chi connectivity index (χ3v) is 5.32. The van der Waals surface area contributed by atoms with Gasteiger partial charge in [-0.1, -0.05) is 0 Å². The number of rotatable bonds is 4. The van der Waals surface area contributed by atoms with E-state index in [0.717, 1.165) is 12.8 Å². The molecule has 1 saturated heterocycles. The van der Waals surface area contributed by atoms with Gasteiger partial charge in [-0.25, -0.2) is 13.6 Å². The fourth-order valence-electron chi connectivity index (χ4n) is 3.84. The summed E-state index contributed by atoms with van der Waals surface area (Å²) in [6, 6.07) is 0.988. The Kier molecular flexibility index (Phi) is 4.11. The maximum Gasteiger partial charge on any atom is 0.333 e. The van der Waals surface area contributed by atoms with Crippen LogP contribution >= 0.6 is 0 Å². The van der Waals surface area contributed by atoms with Gasteiger partial charge in [0, 0.05) is 38.9 Å². The van der Waals surface area contributed by atoms with Gasteiger partial charge < -0.3 is 25.4 Å². The average molecular weight is 365 g/mol. The van der Waals surface area contributed by atoms with Gasteiger partial charge in [-0.3, -0.25) is 0 Å². The molecule has 2 heterocycles. The summed E-state index contributed by atoms with van der Waals surface area (Å²) in [5, 5.41) is 9.32. The summed E-state index contributed by atoms with van der Waals surface area (Å²) in [6.45, 7) is 0.606. The van der Waals surface area contributed by atoms with Crippen LogP contribution in [0.4, 0.5) is 20.2 Å². The van der Waals surface area contributed by atoms with Crippen LogP contribution < -0.4 is 15.5 Å². The molecule has 1 aromatic carbocycles. The van der Waals surface area contributed by atoms with Gasteiger partial charge in [-0.15, -0.1) is 0 Å². The number of carbonyl (C=O) groups is 1. The van der Waals surface area contributed by atoms with Crippen molar-refractivity contribution in [1.29, 1.82) is 0 Å². The van der Waals surface area contributed by atoms with Crippen molar-refractivity contribution in [3.8, 4) is 0 Å². The van der Waals surface area contributed by atoms with E-state index in [0.29, 0.717) is 18.7 Å². The highest BCUT2D eigenvalue weighted by atomic mass is 19.1. The minimum Gasteiger partial charge on any atom is -0.478 e. The maximum atomic E-state index is 15.4. The number of hydrogen-bond donors (Lipinski definition) is 2. The highest BCUT2D eigenvalue weighted by Crippen LogP contribution is 2.44. The smallest absolute Gasteiger partial charge is 0.333 e. The molecule has 1 aromatic rings. The van der Waals surface area contributed by atoms with Crippen molar-refractivity contribution >= 4 is 17.3 Å². The summed E-state index contributed by atoms with van der Waals surface area (Å²) in [5.41, 5.74) is 6.66. The van der Waals surface area contributed by atoms with Crippen molar-refractivity contribution in [3.63, 3.8) is 0 Å². The Morgan fingerprint density at radius 1 is 1.31 bits per heavy atom. The van der Waals surface area contributed by atoms with E-state index in [4.69, 9.17) is 10.5 Å². The summed E-state index contributed by atoms with van der Waals surface area (Å²) in [5.74, 6) is -2.43. The highest BCUT2D eigenvalue weighted by Gasteiger charge is 2.39. The van der Waals surface area contributed by atoms with Crippen LogP contribution in [-0.4, -0.2) is 49.5 Å². The molecule has 8 heteroatoms. The van der Waals surface area contributed by atoms with Crippen LogP contribution in [0.1, 0.15) is 18.4 Å². The number of fused-ring (bicyclic) bond motifs is 1. The lowest BCUT2D eigenvalue weighted by molar-refractivity contribution is -0.132. The zero-order chi connectivity index (χ0) is 18.6. The van der Waals surface area contributed by atoms with Crippen LogP contribution in [0.5, 0.6) is 0 Å². The number of nitrogens with two attached hydrogens (primary N) is 1. The number of hydrogen-bond acceptors (Lipinski definition) is 5. The second-order valence-electron chi connectivity index (χ2n) is 7.15. The lowest BCUT2D eigenvalue weighted by Gasteiger charge is -2.31. The SMILES string of the molecule is CO[C@@H]1CN(c2c(F)cc3c(c2F)N(C2CC2)C=C(C(=O)O)C3)C[C@@H]1N. The number of aliphatic carboxylic acids is 1. The van der Waals surface area contributed by atoms with E-state index < -0.39 is 17.6 Å². The predicted octanol–water partition coefficient (Wildman–Crippen LogP) is 1.62. The molecule has 0 spiro atoms. The van der Waals surface area contributed by atoms with Gasteiger partial charge in [0.05, 0.1) is 23.4 Å². The molecular formula is C18H21F2N3O3. The van der Waals surface area contributed by atoms with Crippen molar-refractivity contribution in [2.24, 2.45) is 5.73 Å². The van der Waals surface area contributed by atoms with E-state index in [9.17, 15) is 14.3 Å². The summed E-state index contributed by atoms with van der Waals surface area (Å²) in [4.78, 5) is 14.6. The molecule has 0 aromatic heterocycles. The van der Waals surface area contributed by atoms with Crippen molar-refractivity contribution in [2.45, 2.75) is 37.5 Å². The molecule has 1 aliphatic carbocycles. The molecule has 3 aliphatic rings. The standard InChI is InChI=1S/C18H21F2N3O3/c1-26-14-8-22(7-13(14)21)17-12(19)5-9-4-10(18(24)25)6-23(11-2-3-11)16(9)15(17)20/h5-6,11,13-14H,2-4,7-8,21H2,1H3,(H,24,25)/t13-,14+/m0/s1. The monoisotopic (exact) mass is 365 g/mol. The Labute approximate surface area is 149 Å². The lowest BCUT2D eigenvalue weighted by atomic mass is 9.97. The summed E-state index contributed by atoms with van der Waals surface area (Å²) < 4.78 is 35.5. The molecule has 0 radical (unpaired) electrons. The third kappa shape index (κ3) is 2.73. The Morgan fingerprint density at radius 3 is 2.62 bits per heavy atom. The first kappa shape index (κ1) is 17.2. The van der Waals surface area contributed by atoms with E-state index in [-0.39, 0.29) is 41.6 Å². The van der Waals surface area contributed by atoms with Gasteiger partial charge in [-0.2, -0.15) is 0 Å². The fourth-order valence-corrected chi connectivity index (χ4v) is 3.84. The minimum atomic E-state index is -1.07. The van der Waals surface area contributed by atoms with E-state index >= 15 is 4.39 Å². The number of halogens is 2. The van der Waals surface area contributed by atoms with E-state index in [1.165, 1.54) is 19.4 Å². The molecular weight excluding hydrogens is 344 g/mol. The van der Waals surface area contributed by atoms with Gasteiger partial charge in [0.1, 0.15) is 11.5 Å². The first-order valence-electron chi connectivity index (χ1n) is 8.67. The van der Waals surface area contributed by atoms with E-state index in [1.54, 1.807) is 9.80 Å². The van der Waals surface area contributed by atoms with Gasteiger partial charge in [0.2, 0.25) is 0 Å². The summed E-state index contributed by atoms with van der Waals surface area (Å²) in [6.07, 6.45) is 2.91. The number of ether oxygens (including phenoxy) is 1. The quantitative estimate of drug-likeness (QED) is 0.844. The fraction of sp³-hybridized carbons (Fsp3) is 0.500. The number of carboxylic acid groups (broad SMARTS) is 1. The van der Waals surface area contributed by atoms with Crippen molar-refractivity contribution < 1.29 is 23.4 Å². The van der Waals surface area contributed by atoms with Crippen molar-refractivity contribution in [2.75, 3.05) is 30.0 Å². The van der Waals surface area contributed by atoms with Crippen LogP contribution in [-0.2, 0) is 16.0 Å². The molecule has 3 N–H and O–H groups in total. The maximum absolute atomic E-state index is 15.4. The number of anilines is 2.